The third-order valence-electron chi connectivity index (χ3n) is 13.4. The summed E-state index contributed by atoms with van der Waals surface area (Å²) in [6.45, 7) is 0. The zero-order valence-electron chi connectivity index (χ0n) is 31.3. The van der Waals surface area contributed by atoms with Crippen molar-refractivity contribution in [2.45, 2.75) is 0 Å². The minimum atomic E-state index is 1.00. The molecule has 14 rings (SSSR count). The van der Waals surface area contributed by atoms with E-state index < -0.39 is 0 Å². The Balaban J connectivity index is 1.17. The summed E-state index contributed by atoms with van der Waals surface area (Å²) in [6.07, 6.45) is 2.15. The number of nitrogens with zero attached hydrogens (tertiary/aromatic N) is 1. The van der Waals surface area contributed by atoms with Crippen LogP contribution in [0.15, 0.2) is 188 Å². The number of aromatic nitrogens is 1. The summed E-state index contributed by atoms with van der Waals surface area (Å²) >= 11 is 0. The normalized spacial score (nSPS) is 12.5. The van der Waals surface area contributed by atoms with Crippen LogP contribution in [0, 0.1) is 0 Å². The van der Waals surface area contributed by atoms with Crippen LogP contribution in [0.25, 0.3) is 141 Å². The summed E-state index contributed by atoms with van der Waals surface area (Å²) in [5.41, 5.74) is 5.98. The Hall–Kier alpha value is -7.61. The maximum Gasteiger partial charge on any atom is 0.0708 e. The molecular formula is C57H31N. The molecule has 0 amide bonds. The predicted molar refractivity (Wildman–Crippen MR) is 250 cm³/mol. The Morgan fingerprint density at radius 2 is 0.603 bits per heavy atom. The zero-order valence-corrected chi connectivity index (χ0v) is 31.3. The molecule has 1 aromatic heterocycles. The fraction of sp³-hybridized carbons (Fsp3) is 0. The van der Waals surface area contributed by atoms with E-state index in [1.165, 1.54) is 135 Å². The SMILES string of the molecule is c1ccc2c(c1)ncc1c(-c3ccc4c5cccc6cccc(c7cccc3c74)c65)c3ccccc3c(-c3ccc4c5cccc6cccc(c7cccc3c74)c65)c12. The van der Waals surface area contributed by atoms with Crippen molar-refractivity contribution in [3.05, 3.63) is 188 Å². The molecule has 14 aromatic rings. The van der Waals surface area contributed by atoms with Gasteiger partial charge in [-0.3, -0.25) is 4.98 Å². The molecule has 0 unspecified atom stereocenters. The highest BCUT2D eigenvalue weighted by Gasteiger charge is 2.24. The van der Waals surface area contributed by atoms with Gasteiger partial charge in [0.1, 0.15) is 0 Å². The number of fused-ring (bicyclic) bond motifs is 8. The van der Waals surface area contributed by atoms with Crippen molar-refractivity contribution >= 4 is 119 Å². The zero-order chi connectivity index (χ0) is 37.6. The lowest BCUT2D eigenvalue weighted by molar-refractivity contribution is 1.45. The quantitative estimate of drug-likeness (QED) is 0.128. The van der Waals surface area contributed by atoms with Gasteiger partial charge >= 0.3 is 0 Å². The van der Waals surface area contributed by atoms with Crippen LogP contribution in [-0.2, 0) is 0 Å². The fourth-order valence-electron chi connectivity index (χ4n) is 11.1. The van der Waals surface area contributed by atoms with Crippen molar-refractivity contribution < 1.29 is 0 Å². The lowest BCUT2D eigenvalue weighted by Gasteiger charge is -2.22. The van der Waals surface area contributed by atoms with Gasteiger partial charge in [0, 0.05) is 22.4 Å². The maximum atomic E-state index is 5.20. The van der Waals surface area contributed by atoms with E-state index in [-0.39, 0.29) is 0 Å². The van der Waals surface area contributed by atoms with Crippen LogP contribution in [0.3, 0.4) is 0 Å². The Bertz CT molecular complexity index is 3980. The average Bonchev–Trinajstić information content (AvgIpc) is 3.29. The molecule has 264 valence electrons. The molecule has 13 aromatic carbocycles. The van der Waals surface area contributed by atoms with Gasteiger partial charge in [-0.1, -0.05) is 176 Å². The van der Waals surface area contributed by atoms with Crippen molar-refractivity contribution in [3.63, 3.8) is 0 Å². The molecule has 58 heavy (non-hydrogen) atoms. The molecule has 0 spiro atoms. The molecule has 1 nitrogen and oxygen atoms in total. The van der Waals surface area contributed by atoms with Crippen molar-refractivity contribution in [2.24, 2.45) is 0 Å². The first-order valence-electron chi connectivity index (χ1n) is 20.2. The van der Waals surface area contributed by atoms with Crippen molar-refractivity contribution in [1.82, 2.24) is 4.98 Å². The fourth-order valence-corrected chi connectivity index (χ4v) is 11.1. The minimum Gasteiger partial charge on any atom is -0.256 e. The Kier molecular flexibility index (Phi) is 5.82. The highest BCUT2D eigenvalue weighted by molar-refractivity contribution is 6.38. The van der Waals surface area contributed by atoms with Crippen molar-refractivity contribution in [1.29, 1.82) is 0 Å². The van der Waals surface area contributed by atoms with E-state index in [4.69, 9.17) is 4.98 Å². The molecule has 0 fully saturated rings. The number of hydrogen-bond acceptors (Lipinski definition) is 1. The largest absolute Gasteiger partial charge is 0.256 e. The Morgan fingerprint density at radius 1 is 0.224 bits per heavy atom. The molecule has 0 aliphatic rings. The van der Waals surface area contributed by atoms with Gasteiger partial charge in [-0.15, -0.1) is 0 Å². The maximum absolute atomic E-state index is 5.20. The van der Waals surface area contributed by atoms with E-state index in [1.54, 1.807) is 0 Å². The highest BCUT2D eigenvalue weighted by Crippen LogP contribution is 2.51. The minimum absolute atomic E-state index is 1.00. The average molecular weight is 730 g/mol. The topological polar surface area (TPSA) is 12.9 Å². The molecule has 0 atom stereocenters. The third kappa shape index (κ3) is 3.79. The van der Waals surface area contributed by atoms with Crippen LogP contribution in [0.2, 0.25) is 0 Å². The first kappa shape index (κ1) is 30.6. The second-order valence-electron chi connectivity index (χ2n) is 16.1. The van der Waals surface area contributed by atoms with E-state index in [0.29, 0.717) is 0 Å². The van der Waals surface area contributed by atoms with Crippen molar-refractivity contribution in [3.8, 4) is 22.3 Å². The second-order valence-corrected chi connectivity index (χ2v) is 16.1. The van der Waals surface area contributed by atoms with Gasteiger partial charge in [0.05, 0.1) is 5.52 Å². The molecule has 1 heterocycles. The molecule has 1 heteroatoms. The summed E-state index contributed by atoms with van der Waals surface area (Å²) in [6, 6.07) is 68.1. The number of para-hydroxylation sites is 1. The van der Waals surface area contributed by atoms with Gasteiger partial charge in [0.25, 0.3) is 0 Å². The van der Waals surface area contributed by atoms with Gasteiger partial charge in [-0.25, -0.2) is 0 Å². The van der Waals surface area contributed by atoms with Crippen LogP contribution in [0.1, 0.15) is 0 Å². The van der Waals surface area contributed by atoms with E-state index >= 15 is 0 Å². The summed E-state index contributed by atoms with van der Waals surface area (Å²) in [7, 11) is 0. The first-order valence-corrected chi connectivity index (χ1v) is 20.2. The number of pyridine rings is 1. The summed E-state index contributed by atoms with van der Waals surface area (Å²) in [5, 5.41) is 26.9. The van der Waals surface area contributed by atoms with Crippen LogP contribution >= 0.6 is 0 Å². The van der Waals surface area contributed by atoms with E-state index in [1.807, 2.05) is 0 Å². The third-order valence-corrected chi connectivity index (χ3v) is 13.4. The van der Waals surface area contributed by atoms with Gasteiger partial charge in [-0.2, -0.15) is 0 Å². The molecule has 0 saturated carbocycles. The van der Waals surface area contributed by atoms with Gasteiger partial charge in [0.15, 0.2) is 0 Å². The van der Waals surface area contributed by atoms with Gasteiger partial charge < -0.3 is 0 Å². The Morgan fingerprint density at radius 3 is 1.14 bits per heavy atom. The lowest BCUT2D eigenvalue weighted by atomic mass is 9.81. The van der Waals surface area contributed by atoms with E-state index in [0.717, 1.165) is 5.52 Å². The molecule has 0 bridgehead atoms. The Labute approximate surface area is 332 Å². The van der Waals surface area contributed by atoms with Gasteiger partial charge in [-0.05, 0) is 125 Å². The number of hydrogen-bond donors (Lipinski definition) is 0. The van der Waals surface area contributed by atoms with Crippen LogP contribution in [0.4, 0.5) is 0 Å². The highest BCUT2D eigenvalue weighted by atomic mass is 14.7. The van der Waals surface area contributed by atoms with Crippen LogP contribution in [0.5, 0.6) is 0 Å². The summed E-state index contributed by atoms with van der Waals surface area (Å²) in [5.74, 6) is 0. The first-order chi connectivity index (χ1) is 28.8. The smallest absolute Gasteiger partial charge is 0.0708 e. The molecular weight excluding hydrogens is 699 g/mol. The van der Waals surface area contributed by atoms with Crippen LogP contribution < -0.4 is 0 Å². The second kappa shape index (κ2) is 11.0. The summed E-state index contributed by atoms with van der Waals surface area (Å²) < 4.78 is 0. The molecule has 0 saturated heterocycles. The lowest BCUT2D eigenvalue weighted by Crippen LogP contribution is -1.96. The van der Waals surface area contributed by atoms with E-state index in [2.05, 4.69) is 188 Å². The molecule has 0 aliphatic heterocycles. The van der Waals surface area contributed by atoms with Crippen LogP contribution in [-0.4, -0.2) is 4.98 Å². The molecule has 0 N–H and O–H groups in total. The molecule has 0 radical (unpaired) electrons. The predicted octanol–water partition coefficient (Wildman–Crippen LogP) is 16.0. The standard InChI is InChI=1S/C57H31N/c1-2-16-43-38(15-1)55(46-28-27-44-36-20-7-13-32-11-5-18-34(51(32)36)39-22-9-24-41(46)53(39)44)49-31-58-50-26-4-3-17-48(50)57(49)56(43)47-30-29-45-37-21-8-14-33-12-6-19-35(52(33)37)40-23-10-25-42(47)54(40)45/h1-31H. The van der Waals surface area contributed by atoms with Crippen molar-refractivity contribution in [2.75, 3.05) is 0 Å². The number of rotatable bonds is 2. The van der Waals surface area contributed by atoms with Gasteiger partial charge in [0.2, 0.25) is 0 Å². The monoisotopic (exact) mass is 729 g/mol. The number of benzene rings is 13. The summed E-state index contributed by atoms with van der Waals surface area (Å²) in [4.78, 5) is 5.20. The molecule has 0 aliphatic carbocycles. The van der Waals surface area contributed by atoms with E-state index in [9.17, 15) is 0 Å².